The predicted octanol–water partition coefficient (Wildman–Crippen LogP) is 5.74. The van der Waals surface area contributed by atoms with Crippen molar-refractivity contribution in [2.75, 3.05) is 0 Å². The zero-order valence-corrected chi connectivity index (χ0v) is 15.5. The molecule has 2 aromatic carbocycles. The summed E-state index contributed by atoms with van der Waals surface area (Å²) in [6.07, 6.45) is 0. The van der Waals surface area contributed by atoms with Gasteiger partial charge in [0.25, 0.3) is 0 Å². The molecule has 0 aliphatic carbocycles. The maximum absolute atomic E-state index is 10.2. The molecule has 0 bridgehead atoms. The average molecular weight is 481 g/mol. The summed E-state index contributed by atoms with van der Waals surface area (Å²) in [5, 5.41) is 10.6. The molecule has 0 saturated heterocycles. The van der Waals surface area contributed by atoms with Gasteiger partial charge in [0.15, 0.2) is 5.75 Å². The average Bonchev–Trinajstić information content (AvgIpc) is 2.45. The molecule has 0 unspecified atom stereocenters. The van der Waals surface area contributed by atoms with E-state index < -0.39 is 0 Å². The van der Waals surface area contributed by atoms with E-state index in [9.17, 15) is 5.11 Å². The molecule has 3 nitrogen and oxygen atoms in total. The summed E-state index contributed by atoms with van der Waals surface area (Å²) in [5.74, 6) is -0.0110. The van der Waals surface area contributed by atoms with Gasteiger partial charge in [0.2, 0.25) is 0 Å². The first-order chi connectivity index (χ1) is 9.41. The van der Waals surface area contributed by atoms with E-state index >= 15 is 0 Å². The SMILES string of the molecule is Cc1c(Br)ccc2nc3c(O)c(Br)c(Cl)c(Br)c3nc12. The minimum Gasteiger partial charge on any atom is -0.504 e. The molecule has 1 N–H and O–H groups in total. The highest BCUT2D eigenvalue weighted by molar-refractivity contribution is 9.11. The van der Waals surface area contributed by atoms with Crippen LogP contribution < -0.4 is 0 Å². The molecule has 1 heterocycles. The predicted molar refractivity (Wildman–Crippen MR) is 91.6 cm³/mol. The van der Waals surface area contributed by atoms with E-state index in [-0.39, 0.29) is 5.75 Å². The van der Waals surface area contributed by atoms with Crippen LogP contribution in [0.25, 0.3) is 22.1 Å². The smallest absolute Gasteiger partial charge is 0.159 e. The number of fused-ring (bicyclic) bond motifs is 2. The highest BCUT2D eigenvalue weighted by atomic mass is 79.9. The van der Waals surface area contributed by atoms with Gasteiger partial charge in [-0.1, -0.05) is 27.5 Å². The van der Waals surface area contributed by atoms with Crippen molar-refractivity contribution >= 4 is 81.5 Å². The maximum atomic E-state index is 10.2. The Balaban J connectivity index is 2.58. The second-order valence-electron chi connectivity index (χ2n) is 4.25. The van der Waals surface area contributed by atoms with Gasteiger partial charge in [-0.15, -0.1) is 0 Å². The minimum atomic E-state index is -0.0110. The number of phenolic OH excluding ortho intramolecular Hbond substituents is 1. The number of nitrogens with zero attached hydrogens (tertiary/aromatic N) is 2. The van der Waals surface area contributed by atoms with Crippen LogP contribution in [0, 0.1) is 6.92 Å². The molecule has 1 aromatic heterocycles. The monoisotopic (exact) mass is 478 g/mol. The van der Waals surface area contributed by atoms with Crippen LogP contribution in [-0.4, -0.2) is 15.1 Å². The Morgan fingerprint density at radius 3 is 2.40 bits per heavy atom. The second kappa shape index (κ2) is 5.09. The number of hydrogen-bond donors (Lipinski definition) is 1. The Labute approximate surface area is 144 Å². The molecule has 0 fully saturated rings. The summed E-state index contributed by atoms with van der Waals surface area (Å²) in [6.45, 7) is 1.96. The lowest BCUT2D eigenvalue weighted by atomic mass is 10.2. The number of halogens is 4. The molecule has 0 amide bonds. The molecule has 102 valence electrons. The summed E-state index contributed by atoms with van der Waals surface area (Å²) in [5.41, 5.74) is 3.41. The molecular weight excluding hydrogens is 475 g/mol. The van der Waals surface area contributed by atoms with Crippen LogP contribution >= 0.6 is 59.4 Å². The Bertz CT molecular complexity index is 883. The first-order valence-corrected chi connectivity index (χ1v) is 8.29. The van der Waals surface area contributed by atoms with Crippen molar-refractivity contribution < 1.29 is 5.11 Å². The fraction of sp³-hybridized carbons (Fsp3) is 0.0769. The van der Waals surface area contributed by atoms with Crippen molar-refractivity contribution in [1.82, 2.24) is 9.97 Å². The van der Waals surface area contributed by atoms with Gasteiger partial charge in [-0.25, -0.2) is 9.97 Å². The Morgan fingerprint density at radius 2 is 1.70 bits per heavy atom. The molecule has 7 heteroatoms. The summed E-state index contributed by atoms with van der Waals surface area (Å²) < 4.78 is 1.97. The van der Waals surface area contributed by atoms with Crippen LogP contribution in [0.2, 0.25) is 5.02 Å². The molecule has 0 aliphatic rings. The van der Waals surface area contributed by atoms with Crippen molar-refractivity contribution in [2.45, 2.75) is 6.92 Å². The van der Waals surface area contributed by atoms with E-state index in [4.69, 9.17) is 11.6 Å². The molecule has 0 aliphatic heterocycles. The van der Waals surface area contributed by atoms with E-state index in [1.165, 1.54) is 0 Å². The van der Waals surface area contributed by atoms with E-state index in [1.807, 2.05) is 19.1 Å². The van der Waals surface area contributed by atoms with Crippen molar-refractivity contribution in [2.24, 2.45) is 0 Å². The van der Waals surface area contributed by atoms with E-state index in [2.05, 4.69) is 57.8 Å². The van der Waals surface area contributed by atoms with Gasteiger partial charge in [-0.3, -0.25) is 0 Å². The van der Waals surface area contributed by atoms with Crippen LogP contribution in [0.4, 0.5) is 0 Å². The summed E-state index contributed by atoms with van der Waals surface area (Å²) in [7, 11) is 0. The van der Waals surface area contributed by atoms with Crippen LogP contribution in [0.5, 0.6) is 5.75 Å². The fourth-order valence-electron chi connectivity index (χ4n) is 1.96. The van der Waals surface area contributed by atoms with Gasteiger partial charge >= 0.3 is 0 Å². The number of benzene rings is 2. The highest BCUT2D eigenvalue weighted by Gasteiger charge is 2.18. The molecule has 0 radical (unpaired) electrons. The molecular formula is C13H6Br3ClN2O. The summed E-state index contributed by atoms with van der Waals surface area (Å²) in [6, 6.07) is 3.77. The van der Waals surface area contributed by atoms with Crippen LogP contribution in [0.1, 0.15) is 5.56 Å². The van der Waals surface area contributed by atoms with Gasteiger partial charge in [-0.05, 0) is 56.5 Å². The van der Waals surface area contributed by atoms with Gasteiger partial charge < -0.3 is 5.11 Å². The topological polar surface area (TPSA) is 46.0 Å². The number of rotatable bonds is 0. The van der Waals surface area contributed by atoms with E-state index in [1.54, 1.807) is 0 Å². The fourth-order valence-corrected chi connectivity index (χ4v) is 3.58. The number of phenols is 1. The van der Waals surface area contributed by atoms with Crippen LogP contribution in [0.15, 0.2) is 25.6 Å². The Kier molecular flexibility index (Phi) is 3.69. The standard InChI is InChI=1S/C13H6Br3ClN2O/c1-4-5(14)2-3-6-10(4)19-11-7(15)9(17)8(16)13(20)12(11)18-6/h2-3,20H,1H3. The zero-order valence-electron chi connectivity index (χ0n) is 10.0. The zero-order chi connectivity index (χ0) is 14.6. The van der Waals surface area contributed by atoms with Crippen molar-refractivity contribution in [3.05, 3.63) is 36.1 Å². The Morgan fingerprint density at radius 1 is 1.00 bits per heavy atom. The van der Waals surface area contributed by atoms with Crippen molar-refractivity contribution in [3.8, 4) is 5.75 Å². The van der Waals surface area contributed by atoms with Crippen molar-refractivity contribution in [1.29, 1.82) is 0 Å². The summed E-state index contributed by atoms with van der Waals surface area (Å²) in [4.78, 5) is 9.09. The molecule has 0 spiro atoms. The van der Waals surface area contributed by atoms with Crippen molar-refractivity contribution in [3.63, 3.8) is 0 Å². The molecule has 3 aromatic rings. The first kappa shape index (κ1) is 14.5. The quantitative estimate of drug-likeness (QED) is 0.329. The number of aryl methyl sites for hydroxylation is 1. The first-order valence-electron chi connectivity index (χ1n) is 5.53. The minimum absolute atomic E-state index is 0.0110. The molecule has 0 saturated carbocycles. The van der Waals surface area contributed by atoms with E-state index in [0.717, 1.165) is 21.1 Å². The van der Waals surface area contributed by atoms with Crippen LogP contribution in [-0.2, 0) is 0 Å². The number of hydrogen-bond acceptors (Lipinski definition) is 3. The summed E-state index contributed by atoms with van der Waals surface area (Å²) >= 11 is 16.3. The molecule has 20 heavy (non-hydrogen) atoms. The molecule has 0 atom stereocenters. The second-order valence-corrected chi connectivity index (χ2v) is 7.07. The number of aromatic hydroxyl groups is 1. The maximum Gasteiger partial charge on any atom is 0.159 e. The van der Waals surface area contributed by atoms with Gasteiger partial charge in [0, 0.05) is 4.47 Å². The third-order valence-corrected chi connectivity index (χ3v) is 6.29. The lowest BCUT2D eigenvalue weighted by Gasteiger charge is -2.10. The number of aromatic nitrogens is 2. The van der Waals surface area contributed by atoms with Crippen LogP contribution in [0.3, 0.4) is 0 Å². The van der Waals surface area contributed by atoms with Gasteiger partial charge in [0.1, 0.15) is 11.0 Å². The lowest BCUT2D eigenvalue weighted by molar-refractivity contribution is 0.477. The normalized spacial score (nSPS) is 11.4. The lowest BCUT2D eigenvalue weighted by Crippen LogP contribution is -1.93. The largest absolute Gasteiger partial charge is 0.504 e. The van der Waals surface area contributed by atoms with Gasteiger partial charge in [-0.2, -0.15) is 0 Å². The van der Waals surface area contributed by atoms with Gasteiger partial charge in [0.05, 0.1) is 25.0 Å². The third-order valence-electron chi connectivity index (χ3n) is 3.05. The Hall–Kier alpha value is -0.430. The molecule has 3 rings (SSSR count). The van der Waals surface area contributed by atoms with E-state index in [0.29, 0.717) is 25.0 Å². The highest BCUT2D eigenvalue weighted by Crippen LogP contribution is 2.43. The third kappa shape index (κ3) is 2.04.